The molecule has 2 aliphatic rings. The first-order chi connectivity index (χ1) is 7.93. The predicted octanol–water partition coefficient (Wildman–Crippen LogP) is 1.13. The molecule has 0 aliphatic carbocycles. The molecule has 2 rings (SSSR count). The summed E-state index contributed by atoms with van der Waals surface area (Å²) in [5, 5.41) is 0. The van der Waals surface area contributed by atoms with Crippen molar-refractivity contribution >= 4 is 11.9 Å². The van der Waals surface area contributed by atoms with Crippen LogP contribution in [0.1, 0.15) is 33.6 Å². The fraction of sp³-hybridized carbons (Fsp3) is 0.833. The Bertz CT molecular complexity index is 341. The van der Waals surface area contributed by atoms with Gasteiger partial charge in [0.2, 0.25) is 0 Å². The van der Waals surface area contributed by atoms with Crippen LogP contribution < -0.4 is 0 Å². The Hall–Kier alpha value is -1.10. The maximum absolute atomic E-state index is 11.9. The van der Waals surface area contributed by atoms with E-state index in [1.54, 1.807) is 13.8 Å². The highest BCUT2D eigenvalue weighted by Gasteiger charge is 2.52. The van der Waals surface area contributed by atoms with Crippen LogP contribution in [0.4, 0.5) is 0 Å². The van der Waals surface area contributed by atoms with Gasteiger partial charge in [0.25, 0.3) is 0 Å². The molecule has 0 saturated carbocycles. The van der Waals surface area contributed by atoms with Gasteiger partial charge >= 0.3 is 11.9 Å². The van der Waals surface area contributed by atoms with E-state index in [2.05, 4.69) is 14.7 Å². The molecule has 0 aromatic heterocycles. The lowest BCUT2D eigenvalue weighted by molar-refractivity contribution is -0.268. The first-order valence-electron chi connectivity index (χ1n) is 6.11. The third-order valence-electron chi connectivity index (χ3n) is 3.78. The van der Waals surface area contributed by atoms with Gasteiger partial charge in [0.05, 0.1) is 5.92 Å². The maximum Gasteiger partial charge on any atom is 0.375 e. The second-order valence-electron chi connectivity index (χ2n) is 5.51. The van der Waals surface area contributed by atoms with Crippen molar-refractivity contribution in [2.24, 2.45) is 11.8 Å². The van der Waals surface area contributed by atoms with Gasteiger partial charge in [-0.15, -0.1) is 0 Å². The molecule has 0 aromatic rings. The van der Waals surface area contributed by atoms with Gasteiger partial charge in [-0.05, 0) is 32.2 Å². The summed E-state index contributed by atoms with van der Waals surface area (Å²) in [6.07, 6.45) is 1.94. The number of nitrogens with zero attached hydrogens (tertiary/aromatic N) is 1. The van der Waals surface area contributed by atoms with Gasteiger partial charge in [0, 0.05) is 6.54 Å². The lowest BCUT2D eigenvalue weighted by atomic mass is 9.90. The number of piperidine rings is 1. The van der Waals surface area contributed by atoms with Gasteiger partial charge in [0.15, 0.2) is 0 Å². The molecule has 3 unspecified atom stereocenters. The van der Waals surface area contributed by atoms with Crippen molar-refractivity contribution in [3.8, 4) is 0 Å². The maximum atomic E-state index is 11.9. The molecule has 2 fully saturated rings. The quantitative estimate of drug-likeness (QED) is 0.536. The van der Waals surface area contributed by atoms with Crippen LogP contribution in [0.2, 0.25) is 0 Å². The van der Waals surface area contributed by atoms with Crippen molar-refractivity contribution in [1.29, 1.82) is 0 Å². The second kappa shape index (κ2) is 4.29. The Morgan fingerprint density at radius 1 is 1.35 bits per heavy atom. The minimum absolute atomic E-state index is 0.295. The molecule has 2 aliphatic heterocycles. The van der Waals surface area contributed by atoms with E-state index in [1.807, 2.05) is 6.92 Å². The smallest absolute Gasteiger partial charge is 0.288 e. The number of fused-ring (bicyclic) bond motifs is 2. The summed E-state index contributed by atoms with van der Waals surface area (Å²) in [7, 11) is 0. The molecule has 0 amide bonds. The molecule has 0 aromatic carbocycles. The molecule has 3 atom stereocenters. The SMILES string of the molecule is CC(C)C(=O)OOC(=O)C1(C)CC2CCN1C2. The van der Waals surface area contributed by atoms with E-state index in [1.165, 1.54) is 0 Å². The summed E-state index contributed by atoms with van der Waals surface area (Å²) in [6, 6.07) is 0. The predicted molar refractivity (Wildman–Crippen MR) is 59.7 cm³/mol. The summed E-state index contributed by atoms with van der Waals surface area (Å²) in [5.74, 6) is -0.682. The van der Waals surface area contributed by atoms with E-state index in [0.717, 1.165) is 25.9 Å². The third-order valence-corrected chi connectivity index (χ3v) is 3.78. The molecule has 5 heteroatoms. The van der Waals surface area contributed by atoms with E-state index < -0.39 is 17.5 Å². The topological polar surface area (TPSA) is 55.8 Å². The van der Waals surface area contributed by atoms with Gasteiger partial charge in [-0.1, -0.05) is 13.8 Å². The number of rotatable bonds is 2. The Morgan fingerprint density at radius 2 is 2.06 bits per heavy atom. The molecule has 5 nitrogen and oxygen atoms in total. The average molecular weight is 241 g/mol. The molecule has 0 radical (unpaired) electrons. The molecule has 2 saturated heterocycles. The zero-order chi connectivity index (χ0) is 12.6. The monoisotopic (exact) mass is 241 g/mol. The first-order valence-corrected chi connectivity index (χ1v) is 6.11. The zero-order valence-electron chi connectivity index (χ0n) is 10.6. The molecule has 2 bridgehead atoms. The highest BCUT2D eigenvalue weighted by atomic mass is 17.2. The summed E-state index contributed by atoms with van der Waals surface area (Å²) in [4.78, 5) is 34.5. The van der Waals surface area contributed by atoms with Crippen LogP contribution in [0.5, 0.6) is 0 Å². The zero-order valence-corrected chi connectivity index (χ0v) is 10.6. The summed E-state index contributed by atoms with van der Waals surface area (Å²) in [5.41, 5.74) is -0.611. The molecular weight excluding hydrogens is 222 g/mol. The lowest BCUT2D eigenvalue weighted by Crippen LogP contribution is -2.49. The normalized spacial score (nSPS) is 35.1. The molecule has 0 N–H and O–H groups in total. The van der Waals surface area contributed by atoms with Crippen LogP contribution in [0.25, 0.3) is 0 Å². The fourth-order valence-electron chi connectivity index (χ4n) is 2.62. The molecule has 2 heterocycles. The number of hydrogen-bond donors (Lipinski definition) is 0. The lowest BCUT2D eigenvalue weighted by Gasteiger charge is -2.32. The Balaban J connectivity index is 1.90. The molecule has 17 heavy (non-hydrogen) atoms. The van der Waals surface area contributed by atoms with Crippen LogP contribution in [0, 0.1) is 11.8 Å². The van der Waals surface area contributed by atoms with E-state index in [4.69, 9.17) is 0 Å². The van der Waals surface area contributed by atoms with Gasteiger partial charge in [-0.2, -0.15) is 0 Å². The van der Waals surface area contributed by atoms with Crippen molar-refractivity contribution in [3.63, 3.8) is 0 Å². The van der Waals surface area contributed by atoms with Crippen molar-refractivity contribution in [1.82, 2.24) is 4.90 Å². The van der Waals surface area contributed by atoms with Crippen molar-refractivity contribution in [2.75, 3.05) is 13.1 Å². The second-order valence-corrected chi connectivity index (χ2v) is 5.51. The Kier molecular flexibility index (Phi) is 3.12. The Labute approximate surface area is 101 Å². The third kappa shape index (κ3) is 2.16. The highest BCUT2D eigenvalue weighted by Crippen LogP contribution is 2.41. The average Bonchev–Trinajstić information content (AvgIpc) is 2.85. The van der Waals surface area contributed by atoms with Crippen LogP contribution in [0.15, 0.2) is 0 Å². The van der Waals surface area contributed by atoms with Crippen LogP contribution in [-0.4, -0.2) is 35.5 Å². The number of carbonyl (C=O) groups excluding carboxylic acids is 2. The van der Waals surface area contributed by atoms with Crippen LogP contribution in [-0.2, 0) is 19.4 Å². The number of hydrogen-bond acceptors (Lipinski definition) is 5. The van der Waals surface area contributed by atoms with E-state index >= 15 is 0 Å². The van der Waals surface area contributed by atoms with Crippen LogP contribution >= 0.6 is 0 Å². The van der Waals surface area contributed by atoms with Gasteiger partial charge in [0.1, 0.15) is 5.54 Å². The van der Waals surface area contributed by atoms with E-state index in [0.29, 0.717) is 5.92 Å². The summed E-state index contributed by atoms with van der Waals surface area (Å²) in [6.45, 7) is 7.12. The minimum Gasteiger partial charge on any atom is -0.288 e. The highest BCUT2D eigenvalue weighted by molar-refractivity contribution is 5.81. The fourth-order valence-corrected chi connectivity index (χ4v) is 2.62. The van der Waals surface area contributed by atoms with Crippen molar-refractivity contribution in [3.05, 3.63) is 0 Å². The van der Waals surface area contributed by atoms with Crippen molar-refractivity contribution in [2.45, 2.75) is 39.2 Å². The molecule has 0 spiro atoms. The van der Waals surface area contributed by atoms with Gasteiger partial charge < -0.3 is 0 Å². The van der Waals surface area contributed by atoms with E-state index in [9.17, 15) is 9.59 Å². The van der Waals surface area contributed by atoms with Gasteiger partial charge in [-0.3, -0.25) is 4.90 Å². The largest absolute Gasteiger partial charge is 0.375 e. The molecule has 96 valence electrons. The first kappa shape index (κ1) is 12.4. The minimum atomic E-state index is -0.611. The molecular formula is C12H19NO4. The van der Waals surface area contributed by atoms with Gasteiger partial charge in [-0.25, -0.2) is 19.4 Å². The Morgan fingerprint density at radius 3 is 2.53 bits per heavy atom. The standard InChI is InChI=1S/C12H19NO4/c1-8(2)10(14)16-17-11(15)12(3)6-9-4-5-13(12)7-9/h8-9H,4-7H2,1-3H3. The van der Waals surface area contributed by atoms with Crippen molar-refractivity contribution < 1.29 is 19.4 Å². The van der Waals surface area contributed by atoms with E-state index in [-0.39, 0.29) is 5.92 Å². The summed E-state index contributed by atoms with van der Waals surface area (Å²) < 4.78 is 0. The van der Waals surface area contributed by atoms with Crippen LogP contribution in [0.3, 0.4) is 0 Å². The summed E-state index contributed by atoms with van der Waals surface area (Å²) >= 11 is 0. The number of carbonyl (C=O) groups is 2.